The van der Waals surface area contributed by atoms with E-state index in [1.54, 1.807) is 6.07 Å². The Kier molecular flexibility index (Phi) is 5.54. The number of hydrogen-bond donors (Lipinski definition) is 0. The van der Waals surface area contributed by atoms with Crippen molar-refractivity contribution in [3.05, 3.63) is 69.5 Å². The van der Waals surface area contributed by atoms with Gasteiger partial charge in [-0.1, -0.05) is 47.5 Å². The highest BCUT2D eigenvalue weighted by Gasteiger charge is 2.18. The first-order valence-corrected chi connectivity index (χ1v) is 8.49. The summed E-state index contributed by atoms with van der Waals surface area (Å²) in [5, 5.41) is 1.19. The molecule has 0 radical (unpaired) electrons. The Hall–Kier alpha value is -1.13. The molecule has 1 aliphatic heterocycles. The molecule has 1 aliphatic rings. The summed E-state index contributed by atoms with van der Waals surface area (Å²) in [5.41, 5.74) is 1.94. The van der Waals surface area contributed by atoms with Crippen molar-refractivity contribution in [2.24, 2.45) is 0 Å². The van der Waals surface area contributed by atoms with Gasteiger partial charge in [-0.2, -0.15) is 0 Å². The molecule has 0 N–H and O–H groups in total. The summed E-state index contributed by atoms with van der Waals surface area (Å²) >= 11 is 12.0. The van der Waals surface area contributed by atoms with Crippen LogP contribution in [0.1, 0.15) is 11.1 Å². The second kappa shape index (κ2) is 7.63. The molecule has 0 bridgehead atoms. The van der Waals surface area contributed by atoms with E-state index >= 15 is 0 Å². The van der Waals surface area contributed by atoms with E-state index in [-0.39, 0.29) is 5.82 Å². The lowest BCUT2D eigenvalue weighted by Gasteiger charge is -2.34. The third kappa shape index (κ3) is 4.45. The zero-order valence-electron chi connectivity index (χ0n) is 12.8. The predicted molar refractivity (Wildman–Crippen MR) is 93.4 cm³/mol. The molecule has 0 saturated carbocycles. The number of rotatable bonds is 4. The molecule has 122 valence electrons. The highest BCUT2D eigenvalue weighted by Crippen LogP contribution is 2.23. The molecule has 2 nitrogen and oxygen atoms in total. The number of hydrogen-bond acceptors (Lipinski definition) is 2. The molecule has 0 aromatic heterocycles. The maximum absolute atomic E-state index is 13.7. The van der Waals surface area contributed by atoms with Crippen LogP contribution >= 0.6 is 23.2 Å². The Morgan fingerprint density at radius 3 is 2.13 bits per heavy atom. The van der Waals surface area contributed by atoms with Gasteiger partial charge in [0.15, 0.2) is 0 Å². The van der Waals surface area contributed by atoms with Gasteiger partial charge in [0.2, 0.25) is 0 Å². The Bertz CT molecular complexity index is 670. The van der Waals surface area contributed by atoms with Crippen molar-refractivity contribution in [2.75, 3.05) is 26.2 Å². The molecule has 0 amide bonds. The Morgan fingerprint density at radius 1 is 0.826 bits per heavy atom. The minimum Gasteiger partial charge on any atom is -0.297 e. The molecule has 2 aromatic carbocycles. The van der Waals surface area contributed by atoms with E-state index in [0.717, 1.165) is 38.3 Å². The average Bonchev–Trinajstić information content (AvgIpc) is 2.55. The van der Waals surface area contributed by atoms with Crippen molar-refractivity contribution in [1.29, 1.82) is 0 Å². The van der Waals surface area contributed by atoms with Crippen LogP contribution in [0.5, 0.6) is 0 Å². The molecule has 3 rings (SSSR count). The van der Waals surface area contributed by atoms with Crippen molar-refractivity contribution >= 4 is 23.2 Å². The summed E-state index contributed by atoms with van der Waals surface area (Å²) in [6, 6.07) is 12.8. The van der Waals surface area contributed by atoms with Crippen LogP contribution in [0, 0.1) is 5.82 Å². The Balaban J connectivity index is 1.52. The van der Waals surface area contributed by atoms with Gasteiger partial charge in [0, 0.05) is 44.8 Å². The minimum atomic E-state index is -0.120. The van der Waals surface area contributed by atoms with Crippen molar-refractivity contribution in [3.8, 4) is 0 Å². The molecule has 2 aromatic rings. The van der Waals surface area contributed by atoms with E-state index < -0.39 is 0 Å². The molecule has 0 unspecified atom stereocenters. The lowest BCUT2D eigenvalue weighted by Crippen LogP contribution is -2.45. The van der Waals surface area contributed by atoms with Gasteiger partial charge in [0.25, 0.3) is 0 Å². The van der Waals surface area contributed by atoms with E-state index in [1.165, 1.54) is 11.6 Å². The van der Waals surface area contributed by atoms with Crippen molar-refractivity contribution in [1.82, 2.24) is 9.80 Å². The first-order chi connectivity index (χ1) is 11.1. The molecular formula is C18H19Cl2FN2. The van der Waals surface area contributed by atoms with E-state index in [1.807, 2.05) is 30.3 Å². The van der Waals surface area contributed by atoms with Gasteiger partial charge in [-0.25, -0.2) is 4.39 Å². The lowest BCUT2D eigenvalue weighted by molar-refractivity contribution is 0.121. The zero-order chi connectivity index (χ0) is 16.2. The average molecular weight is 353 g/mol. The van der Waals surface area contributed by atoms with Gasteiger partial charge in [-0.3, -0.25) is 9.80 Å². The summed E-state index contributed by atoms with van der Waals surface area (Å²) in [5.74, 6) is -0.120. The standard InChI is InChI=1S/C18H19Cl2FN2/c19-16-6-5-14(11-17(16)20)12-22-7-9-23(10-8-22)13-15-3-1-2-4-18(15)21/h1-6,11H,7-10,12-13H2. The fourth-order valence-electron chi connectivity index (χ4n) is 2.87. The van der Waals surface area contributed by atoms with Crippen LogP contribution in [0.15, 0.2) is 42.5 Å². The maximum Gasteiger partial charge on any atom is 0.127 e. The number of benzene rings is 2. The largest absolute Gasteiger partial charge is 0.297 e. The number of nitrogens with zero attached hydrogens (tertiary/aromatic N) is 2. The van der Waals surface area contributed by atoms with Crippen LogP contribution in [-0.2, 0) is 13.1 Å². The maximum atomic E-state index is 13.7. The second-order valence-electron chi connectivity index (χ2n) is 5.89. The molecule has 5 heteroatoms. The van der Waals surface area contributed by atoms with E-state index in [9.17, 15) is 4.39 Å². The summed E-state index contributed by atoms with van der Waals surface area (Å²) in [6.45, 7) is 5.35. The fraction of sp³-hybridized carbons (Fsp3) is 0.333. The van der Waals surface area contributed by atoms with E-state index in [4.69, 9.17) is 23.2 Å². The normalized spacial score (nSPS) is 16.7. The van der Waals surface area contributed by atoms with Gasteiger partial charge in [-0.15, -0.1) is 0 Å². The van der Waals surface area contributed by atoms with Gasteiger partial charge in [0.1, 0.15) is 5.82 Å². The minimum absolute atomic E-state index is 0.120. The van der Waals surface area contributed by atoms with Crippen LogP contribution in [0.4, 0.5) is 4.39 Å². The van der Waals surface area contributed by atoms with Crippen LogP contribution in [-0.4, -0.2) is 36.0 Å². The first kappa shape index (κ1) is 16.7. The van der Waals surface area contributed by atoms with Crippen molar-refractivity contribution < 1.29 is 4.39 Å². The number of piperazine rings is 1. The van der Waals surface area contributed by atoms with Gasteiger partial charge in [0.05, 0.1) is 10.0 Å². The topological polar surface area (TPSA) is 6.48 Å². The zero-order valence-corrected chi connectivity index (χ0v) is 14.3. The van der Waals surface area contributed by atoms with Crippen molar-refractivity contribution in [3.63, 3.8) is 0 Å². The van der Waals surface area contributed by atoms with Crippen molar-refractivity contribution in [2.45, 2.75) is 13.1 Å². The number of halogens is 3. The third-order valence-electron chi connectivity index (χ3n) is 4.21. The monoisotopic (exact) mass is 352 g/mol. The smallest absolute Gasteiger partial charge is 0.127 e. The fourth-order valence-corrected chi connectivity index (χ4v) is 3.19. The summed E-state index contributed by atoms with van der Waals surface area (Å²) in [4.78, 5) is 4.68. The molecule has 0 atom stereocenters. The Labute approximate surface area is 146 Å². The molecular weight excluding hydrogens is 334 g/mol. The second-order valence-corrected chi connectivity index (χ2v) is 6.71. The van der Waals surface area contributed by atoms with Gasteiger partial charge >= 0.3 is 0 Å². The third-order valence-corrected chi connectivity index (χ3v) is 4.95. The molecule has 0 aliphatic carbocycles. The van der Waals surface area contributed by atoms with Gasteiger partial charge in [-0.05, 0) is 23.8 Å². The summed E-state index contributed by atoms with van der Waals surface area (Å²) in [7, 11) is 0. The lowest BCUT2D eigenvalue weighted by atomic mass is 10.1. The Morgan fingerprint density at radius 2 is 1.48 bits per heavy atom. The van der Waals surface area contributed by atoms with Gasteiger partial charge < -0.3 is 0 Å². The summed E-state index contributed by atoms with van der Waals surface area (Å²) < 4.78 is 13.7. The molecule has 1 heterocycles. The van der Waals surface area contributed by atoms with Crippen LogP contribution in [0.25, 0.3) is 0 Å². The summed E-state index contributed by atoms with van der Waals surface area (Å²) in [6.07, 6.45) is 0. The molecule has 23 heavy (non-hydrogen) atoms. The highest BCUT2D eigenvalue weighted by molar-refractivity contribution is 6.42. The van der Waals surface area contributed by atoms with Crippen LogP contribution in [0.2, 0.25) is 10.0 Å². The molecule has 1 saturated heterocycles. The first-order valence-electron chi connectivity index (χ1n) is 7.74. The predicted octanol–water partition coefficient (Wildman–Crippen LogP) is 4.45. The van der Waals surface area contributed by atoms with Crippen LogP contribution < -0.4 is 0 Å². The quantitative estimate of drug-likeness (QED) is 0.801. The van der Waals surface area contributed by atoms with E-state index in [2.05, 4.69) is 9.80 Å². The SMILES string of the molecule is Fc1ccccc1CN1CCN(Cc2ccc(Cl)c(Cl)c2)CC1. The van der Waals surface area contributed by atoms with Crippen LogP contribution in [0.3, 0.4) is 0 Å². The molecule has 0 spiro atoms. The van der Waals surface area contributed by atoms with E-state index in [0.29, 0.717) is 16.6 Å². The highest BCUT2D eigenvalue weighted by atomic mass is 35.5. The molecule has 1 fully saturated rings.